The Morgan fingerprint density at radius 2 is 2.00 bits per heavy atom. The molecule has 0 bridgehead atoms. The lowest BCUT2D eigenvalue weighted by Gasteiger charge is -2.01. The molecule has 0 atom stereocenters. The van der Waals surface area contributed by atoms with E-state index in [4.69, 9.17) is 9.15 Å². The lowest BCUT2D eigenvalue weighted by molar-refractivity contribution is 0.0955. The van der Waals surface area contributed by atoms with E-state index < -0.39 is 0 Å². The second-order valence-electron chi connectivity index (χ2n) is 3.88. The van der Waals surface area contributed by atoms with Crippen molar-refractivity contribution in [1.82, 2.24) is 5.43 Å². The molecule has 5 nitrogen and oxygen atoms in total. The Labute approximate surface area is 110 Å². The van der Waals surface area contributed by atoms with Crippen LogP contribution in [-0.2, 0) is 0 Å². The molecule has 1 heterocycles. The first-order chi connectivity index (χ1) is 9.19. The van der Waals surface area contributed by atoms with Crippen molar-refractivity contribution < 1.29 is 13.9 Å². The highest BCUT2D eigenvalue weighted by Gasteiger charge is 2.03. The maximum absolute atomic E-state index is 11.7. The van der Waals surface area contributed by atoms with Crippen LogP contribution >= 0.6 is 0 Å². The number of carbonyl (C=O) groups excluding carboxylic acids is 1. The summed E-state index contributed by atoms with van der Waals surface area (Å²) in [4.78, 5) is 11.7. The highest BCUT2D eigenvalue weighted by atomic mass is 16.5. The number of nitrogens with zero attached hydrogens (tertiary/aromatic N) is 1. The normalized spacial score (nSPS) is 10.6. The smallest absolute Gasteiger partial charge is 0.271 e. The van der Waals surface area contributed by atoms with Gasteiger partial charge >= 0.3 is 0 Å². The molecule has 1 aromatic carbocycles. The van der Waals surface area contributed by atoms with Crippen LogP contribution in [0.15, 0.2) is 45.9 Å². The molecule has 1 amide bonds. The number of hydrogen-bond acceptors (Lipinski definition) is 4. The van der Waals surface area contributed by atoms with Gasteiger partial charge in [0.25, 0.3) is 5.91 Å². The average Bonchev–Trinajstić information content (AvgIpc) is 2.84. The SMILES string of the molecule is COc1ccc(C(=O)N/N=C/c2ccc(C)o2)cc1. The van der Waals surface area contributed by atoms with Gasteiger partial charge in [-0.15, -0.1) is 0 Å². The average molecular weight is 258 g/mol. The number of methoxy groups -OCH3 is 1. The van der Waals surface area contributed by atoms with Gasteiger partial charge in [0.15, 0.2) is 0 Å². The van der Waals surface area contributed by atoms with E-state index in [-0.39, 0.29) is 5.91 Å². The van der Waals surface area contributed by atoms with E-state index in [1.165, 1.54) is 6.21 Å². The summed E-state index contributed by atoms with van der Waals surface area (Å²) in [5.41, 5.74) is 2.93. The summed E-state index contributed by atoms with van der Waals surface area (Å²) in [5, 5.41) is 3.82. The molecule has 2 rings (SSSR count). The van der Waals surface area contributed by atoms with Crippen molar-refractivity contribution in [2.24, 2.45) is 5.10 Å². The quantitative estimate of drug-likeness (QED) is 0.676. The fraction of sp³-hybridized carbons (Fsp3) is 0.143. The number of furan rings is 1. The molecule has 98 valence electrons. The lowest BCUT2D eigenvalue weighted by Crippen LogP contribution is -2.17. The van der Waals surface area contributed by atoms with Crippen LogP contribution in [0.4, 0.5) is 0 Å². The summed E-state index contributed by atoms with van der Waals surface area (Å²) in [5.74, 6) is 1.80. The minimum Gasteiger partial charge on any atom is -0.497 e. The van der Waals surface area contributed by atoms with Crippen LogP contribution in [0.3, 0.4) is 0 Å². The van der Waals surface area contributed by atoms with Crippen LogP contribution in [0, 0.1) is 6.92 Å². The zero-order valence-electron chi connectivity index (χ0n) is 10.7. The van der Waals surface area contributed by atoms with Crippen molar-refractivity contribution in [3.05, 3.63) is 53.5 Å². The lowest BCUT2D eigenvalue weighted by atomic mass is 10.2. The number of aryl methyl sites for hydroxylation is 1. The third-order valence-corrected chi connectivity index (χ3v) is 2.47. The van der Waals surface area contributed by atoms with Gasteiger partial charge < -0.3 is 9.15 Å². The van der Waals surface area contributed by atoms with Crippen LogP contribution in [0.2, 0.25) is 0 Å². The van der Waals surface area contributed by atoms with Gasteiger partial charge in [0.05, 0.1) is 13.3 Å². The molecular weight excluding hydrogens is 244 g/mol. The molecule has 2 aromatic rings. The largest absolute Gasteiger partial charge is 0.497 e. The number of hydrazone groups is 1. The molecule has 0 aliphatic heterocycles. The van der Waals surface area contributed by atoms with Gasteiger partial charge in [-0.2, -0.15) is 5.10 Å². The molecule has 0 saturated carbocycles. The van der Waals surface area contributed by atoms with E-state index in [0.29, 0.717) is 17.1 Å². The van der Waals surface area contributed by atoms with E-state index >= 15 is 0 Å². The number of rotatable bonds is 4. The van der Waals surface area contributed by atoms with Crippen molar-refractivity contribution in [1.29, 1.82) is 0 Å². The van der Waals surface area contributed by atoms with E-state index in [9.17, 15) is 4.79 Å². The molecule has 19 heavy (non-hydrogen) atoms. The Morgan fingerprint density at radius 3 is 2.58 bits per heavy atom. The van der Waals surface area contributed by atoms with Crippen molar-refractivity contribution in [3.8, 4) is 5.75 Å². The van der Waals surface area contributed by atoms with Crippen LogP contribution in [-0.4, -0.2) is 19.2 Å². The number of ether oxygens (including phenoxy) is 1. The molecule has 0 aliphatic rings. The summed E-state index contributed by atoms with van der Waals surface area (Å²) in [6, 6.07) is 10.4. The maximum Gasteiger partial charge on any atom is 0.271 e. The van der Waals surface area contributed by atoms with E-state index in [1.54, 1.807) is 37.4 Å². The van der Waals surface area contributed by atoms with Gasteiger partial charge in [-0.3, -0.25) is 4.79 Å². The first-order valence-corrected chi connectivity index (χ1v) is 5.73. The Hall–Kier alpha value is -2.56. The first kappa shape index (κ1) is 12.9. The molecule has 0 spiro atoms. The van der Waals surface area contributed by atoms with Crippen LogP contribution in [0.1, 0.15) is 21.9 Å². The summed E-state index contributed by atoms with van der Waals surface area (Å²) < 4.78 is 10.3. The predicted octanol–water partition coefficient (Wildman–Crippen LogP) is 2.36. The zero-order chi connectivity index (χ0) is 13.7. The monoisotopic (exact) mass is 258 g/mol. The van der Waals surface area contributed by atoms with Gasteiger partial charge in [-0.25, -0.2) is 5.43 Å². The summed E-state index contributed by atoms with van der Waals surface area (Å²) in [7, 11) is 1.57. The van der Waals surface area contributed by atoms with Gasteiger partial charge in [0.2, 0.25) is 0 Å². The van der Waals surface area contributed by atoms with Gasteiger partial charge in [-0.05, 0) is 43.3 Å². The molecule has 5 heteroatoms. The molecule has 1 N–H and O–H groups in total. The second kappa shape index (κ2) is 5.86. The van der Waals surface area contributed by atoms with Crippen LogP contribution < -0.4 is 10.2 Å². The standard InChI is InChI=1S/C14H14N2O3/c1-10-3-6-13(19-10)9-15-16-14(17)11-4-7-12(18-2)8-5-11/h3-9H,1-2H3,(H,16,17)/b15-9+. The molecule has 1 aromatic heterocycles. The fourth-order valence-electron chi connectivity index (χ4n) is 1.48. The molecule has 0 fully saturated rings. The fourth-order valence-corrected chi connectivity index (χ4v) is 1.48. The Kier molecular flexibility index (Phi) is 3.97. The second-order valence-corrected chi connectivity index (χ2v) is 3.88. The highest BCUT2D eigenvalue weighted by molar-refractivity contribution is 5.94. The number of nitrogens with one attached hydrogen (secondary N) is 1. The van der Waals surface area contributed by atoms with E-state index in [1.807, 2.05) is 13.0 Å². The van der Waals surface area contributed by atoms with Crippen LogP contribution in [0.5, 0.6) is 5.75 Å². The first-order valence-electron chi connectivity index (χ1n) is 5.73. The molecular formula is C14H14N2O3. The maximum atomic E-state index is 11.7. The minimum atomic E-state index is -0.290. The van der Waals surface area contributed by atoms with Crippen molar-refractivity contribution in [3.63, 3.8) is 0 Å². The molecule has 0 radical (unpaired) electrons. The summed E-state index contributed by atoms with van der Waals surface area (Å²) >= 11 is 0. The Morgan fingerprint density at radius 1 is 1.26 bits per heavy atom. The topological polar surface area (TPSA) is 63.8 Å². The molecule has 0 aliphatic carbocycles. The van der Waals surface area contributed by atoms with E-state index in [2.05, 4.69) is 10.5 Å². The third-order valence-electron chi connectivity index (χ3n) is 2.47. The van der Waals surface area contributed by atoms with E-state index in [0.717, 1.165) is 5.76 Å². The van der Waals surface area contributed by atoms with Gasteiger partial charge in [0, 0.05) is 5.56 Å². The Bertz CT molecular complexity index is 585. The number of carbonyl (C=O) groups is 1. The molecule has 0 saturated heterocycles. The summed E-state index contributed by atoms with van der Waals surface area (Å²) in [6.07, 6.45) is 1.45. The van der Waals surface area contributed by atoms with Crippen molar-refractivity contribution in [2.45, 2.75) is 6.92 Å². The van der Waals surface area contributed by atoms with Crippen molar-refractivity contribution in [2.75, 3.05) is 7.11 Å². The van der Waals surface area contributed by atoms with Gasteiger partial charge in [-0.1, -0.05) is 0 Å². The highest BCUT2D eigenvalue weighted by Crippen LogP contribution is 2.11. The van der Waals surface area contributed by atoms with Crippen molar-refractivity contribution >= 4 is 12.1 Å². The summed E-state index contributed by atoms with van der Waals surface area (Å²) in [6.45, 7) is 1.84. The zero-order valence-corrected chi connectivity index (χ0v) is 10.7. The number of benzene rings is 1. The third kappa shape index (κ3) is 3.45. The Balaban J connectivity index is 1.95. The minimum absolute atomic E-state index is 0.290. The predicted molar refractivity (Wildman–Crippen MR) is 71.5 cm³/mol. The molecule has 0 unspecified atom stereocenters. The number of hydrogen-bond donors (Lipinski definition) is 1. The van der Waals surface area contributed by atoms with Crippen LogP contribution in [0.25, 0.3) is 0 Å². The van der Waals surface area contributed by atoms with Gasteiger partial charge in [0.1, 0.15) is 17.3 Å². The number of amides is 1.